The Bertz CT molecular complexity index is 661. The van der Waals surface area contributed by atoms with Crippen LogP contribution in [-0.2, 0) is 11.3 Å². The molecule has 0 radical (unpaired) electrons. The third kappa shape index (κ3) is 3.14. The van der Waals surface area contributed by atoms with Crippen LogP contribution < -0.4 is 5.32 Å². The molecule has 1 aliphatic rings. The molecule has 1 aromatic heterocycles. The summed E-state index contributed by atoms with van der Waals surface area (Å²) in [6, 6.07) is 3.29. The molecule has 0 saturated carbocycles. The van der Waals surface area contributed by atoms with Crippen LogP contribution in [0.3, 0.4) is 0 Å². The summed E-state index contributed by atoms with van der Waals surface area (Å²) in [7, 11) is 0. The molecule has 0 spiro atoms. The molecule has 5 nitrogen and oxygen atoms in total. The highest BCUT2D eigenvalue weighted by molar-refractivity contribution is 6.04. The molecule has 1 atom stereocenters. The Morgan fingerprint density at radius 3 is 2.86 bits per heavy atom. The number of carbonyl (C=O) groups excluding carboxylic acids is 1. The first-order valence-corrected chi connectivity index (χ1v) is 7.03. The number of benzene rings is 1. The normalized spacial score (nSPS) is 17.6. The Kier molecular flexibility index (Phi) is 4.15. The molecular weight excluding hydrogens is 292 g/mol. The largest absolute Gasteiger partial charge is 0.376 e. The maximum Gasteiger partial charge on any atom is 0.261 e. The van der Waals surface area contributed by atoms with Gasteiger partial charge in [0, 0.05) is 12.8 Å². The third-order valence-corrected chi connectivity index (χ3v) is 3.50. The van der Waals surface area contributed by atoms with E-state index in [0.717, 1.165) is 31.6 Å². The van der Waals surface area contributed by atoms with Crippen molar-refractivity contribution in [3.63, 3.8) is 0 Å². The first-order valence-electron chi connectivity index (χ1n) is 7.03. The third-order valence-electron chi connectivity index (χ3n) is 3.50. The van der Waals surface area contributed by atoms with Gasteiger partial charge in [-0.05, 0) is 25.0 Å². The first-order chi connectivity index (χ1) is 10.6. The number of hydrogen-bond acceptors (Lipinski definition) is 3. The number of aromatic nitrogens is 2. The molecular formula is C15H15F2N3O2. The second kappa shape index (κ2) is 6.23. The standard InChI is InChI=1S/C15H15F2N3O2/c16-12-4-1-5-13(17)14(12)15(21)19-10-7-18-20(8-10)9-11-3-2-6-22-11/h1,4-5,7-8,11H,2-3,6,9H2,(H,19,21). The van der Waals surface area contributed by atoms with Crippen molar-refractivity contribution in [3.8, 4) is 0 Å². The Hall–Kier alpha value is -2.28. The molecule has 0 bridgehead atoms. The lowest BCUT2D eigenvalue weighted by Gasteiger charge is -2.08. The van der Waals surface area contributed by atoms with Crippen molar-refractivity contribution >= 4 is 11.6 Å². The van der Waals surface area contributed by atoms with E-state index in [2.05, 4.69) is 10.4 Å². The van der Waals surface area contributed by atoms with Crippen LogP contribution in [-0.4, -0.2) is 28.4 Å². The van der Waals surface area contributed by atoms with Crippen molar-refractivity contribution in [2.24, 2.45) is 0 Å². The quantitative estimate of drug-likeness (QED) is 0.944. The van der Waals surface area contributed by atoms with Crippen LogP contribution in [0.1, 0.15) is 23.2 Å². The van der Waals surface area contributed by atoms with E-state index < -0.39 is 23.1 Å². The monoisotopic (exact) mass is 307 g/mol. The first kappa shape index (κ1) is 14.6. The summed E-state index contributed by atoms with van der Waals surface area (Å²) in [4.78, 5) is 12.0. The van der Waals surface area contributed by atoms with E-state index in [9.17, 15) is 13.6 Å². The molecule has 1 aliphatic heterocycles. The maximum atomic E-state index is 13.5. The Morgan fingerprint density at radius 1 is 1.41 bits per heavy atom. The van der Waals surface area contributed by atoms with Gasteiger partial charge in [-0.25, -0.2) is 8.78 Å². The molecule has 22 heavy (non-hydrogen) atoms. The molecule has 1 N–H and O–H groups in total. The highest BCUT2D eigenvalue weighted by Crippen LogP contribution is 2.17. The SMILES string of the molecule is O=C(Nc1cnn(CC2CCCO2)c1)c1c(F)cccc1F. The second-order valence-electron chi connectivity index (χ2n) is 5.14. The fourth-order valence-electron chi connectivity index (χ4n) is 2.43. The lowest BCUT2D eigenvalue weighted by Crippen LogP contribution is -2.16. The van der Waals surface area contributed by atoms with Crippen LogP contribution in [0.5, 0.6) is 0 Å². The van der Waals surface area contributed by atoms with E-state index in [-0.39, 0.29) is 6.10 Å². The lowest BCUT2D eigenvalue weighted by molar-refractivity contribution is 0.0940. The zero-order valence-electron chi connectivity index (χ0n) is 11.8. The van der Waals surface area contributed by atoms with Gasteiger partial charge in [-0.2, -0.15) is 5.10 Å². The highest BCUT2D eigenvalue weighted by Gasteiger charge is 2.19. The summed E-state index contributed by atoms with van der Waals surface area (Å²) in [5.41, 5.74) is -0.222. The number of nitrogens with zero attached hydrogens (tertiary/aromatic N) is 2. The maximum absolute atomic E-state index is 13.5. The van der Waals surface area contributed by atoms with Crippen molar-refractivity contribution in [1.82, 2.24) is 9.78 Å². The van der Waals surface area contributed by atoms with Crippen LogP contribution in [0, 0.1) is 11.6 Å². The van der Waals surface area contributed by atoms with Gasteiger partial charge < -0.3 is 10.1 Å². The summed E-state index contributed by atoms with van der Waals surface area (Å²) in [5, 5.41) is 6.55. The van der Waals surface area contributed by atoms with Gasteiger partial charge in [0.25, 0.3) is 5.91 Å². The van der Waals surface area contributed by atoms with E-state index in [1.54, 1.807) is 10.9 Å². The van der Waals surface area contributed by atoms with Gasteiger partial charge in [-0.1, -0.05) is 6.07 Å². The minimum absolute atomic E-state index is 0.118. The zero-order valence-corrected chi connectivity index (χ0v) is 11.8. The van der Waals surface area contributed by atoms with Gasteiger partial charge in [0.15, 0.2) is 0 Å². The molecule has 2 aromatic rings. The highest BCUT2D eigenvalue weighted by atomic mass is 19.1. The Morgan fingerprint density at radius 2 is 2.18 bits per heavy atom. The topological polar surface area (TPSA) is 56.2 Å². The van der Waals surface area contributed by atoms with Gasteiger partial charge in [-0.3, -0.25) is 9.48 Å². The predicted molar refractivity (Wildman–Crippen MR) is 75.5 cm³/mol. The number of halogens is 2. The number of ether oxygens (including phenoxy) is 1. The number of anilines is 1. The minimum atomic E-state index is -0.899. The second-order valence-corrected chi connectivity index (χ2v) is 5.14. The molecule has 7 heteroatoms. The van der Waals surface area contributed by atoms with Gasteiger partial charge >= 0.3 is 0 Å². The molecule has 1 saturated heterocycles. The van der Waals surface area contributed by atoms with E-state index in [1.807, 2.05) is 0 Å². The van der Waals surface area contributed by atoms with E-state index >= 15 is 0 Å². The summed E-state index contributed by atoms with van der Waals surface area (Å²) >= 11 is 0. The Labute approximate surface area is 125 Å². The molecule has 1 aromatic carbocycles. The zero-order chi connectivity index (χ0) is 15.5. The fraction of sp³-hybridized carbons (Fsp3) is 0.333. The van der Waals surface area contributed by atoms with Crippen molar-refractivity contribution in [3.05, 3.63) is 47.8 Å². The van der Waals surface area contributed by atoms with Gasteiger partial charge in [0.1, 0.15) is 17.2 Å². The number of amides is 1. The number of rotatable bonds is 4. The summed E-state index contributed by atoms with van der Waals surface area (Å²) < 4.78 is 34.2. The van der Waals surface area contributed by atoms with E-state index in [4.69, 9.17) is 4.74 Å². The molecule has 1 amide bonds. The van der Waals surface area contributed by atoms with Crippen molar-refractivity contribution in [2.75, 3.05) is 11.9 Å². The minimum Gasteiger partial charge on any atom is -0.376 e. The number of nitrogens with one attached hydrogen (secondary N) is 1. The van der Waals surface area contributed by atoms with Crippen molar-refractivity contribution in [2.45, 2.75) is 25.5 Å². The molecule has 1 fully saturated rings. The van der Waals surface area contributed by atoms with E-state index in [1.165, 1.54) is 12.3 Å². The van der Waals surface area contributed by atoms with Crippen LogP contribution in [0.2, 0.25) is 0 Å². The average Bonchev–Trinajstić information content (AvgIpc) is 3.11. The van der Waals surface area contributed by atoms with Crippen LogP contribution in [0.25, 0.3) is 0 Å². The predicted octanol–water partition coefficient (Wildman–Crippen LogP) is 2.59. The molecule has 0 aliphatic carbocycles. The fourth-order valence-corrected chi connectivity index (χ4v) is 2.43. The molecule has 2 heterocycles. The van der Waals surface area contributed by atoms with E-state index in [0.29, 0.717) is 12.2 Å². The van der Waals surface area contributed by atoms with Gasteiger partial charge in [0.05, 0.1) is 24.5 Å². The average molecular weight is 307 g/mol. The Balaban J connectivity index is 1.68. The summed E-state index contributed by atoms with van der Waals surface area (Å²) in [6.07, 6.45) is 5.17. The van der Waals surface area contributed by atoms with Crippen molar-refractivity contribution in [1.29, 1.82) is 0 Å². The smallest absolute Gasteiger partial charge is 0.261 e. The lowest BCUT2D eigenvalue weighted by atomic mass is 10.2. The molecule has 116 valence electrons. The summed E-state index contributed by atoms with van der Waals surface area (Å²) in [5.74, 6) is -2.64. The summed E-state index contributed by atoms with van der Waals surface area (Å²) in [6.45, 7) is 1.34. The number of carbonyl (C=O) groups is 1. The van der Waals surface area contributed by atoms with Gasteiger partial charge in [0.2, 0.25) is 0 Å². The van der Waals surface area contributed by atoms with Crippen LogP contribution >= 0.6 is 0 Å². The number of hydrogen-bond donors (Lipinski definition) is 1. The molecule has 3 rings (SSSR count). The van der Waals surface area contributed by atoms with Crippen LogP contribution in [0.4, 0.5) is 14.5 Å². The van der Waals surface area contributed by atoms with Gasteiger partial charge in [-0.15, -0.1) is 0 Å². The van der Waals surface area contributed by atoms with Crippen molar-refractivity contribution < 1.29 is 18.3 Å². The van der Waals surface area contributed by atoms with Crippen LogP contribution in [0.15, 0.2) is 30.6 Å². The molecule has 1 unspecified atom stereocenters.